The summed E-state index contributed by atoms with van der Waals surface area (Å²) in [5.41, 5.74) is 1.08. The molecule has 0 aliphatic carbocycles. The first-order chi connectivity index (χ1) is 15.4. The molecule has 0 bridgehead atoms. The molecule has 0 saturated heterocycles. The van der Waals surface area contributed by atoms with Crippen LogP contribution in [0.4, 0.5) is 15.9 Å². The fraction of sp³-hybridized carbons (Fsp3) is 0.333. The van der Waals surface area contributed by atoms with Gasteiger partial charge in [0.05, 0.1) is 36.6 Å². The topological polar surface area (TPSA) is 137 Å². The molecular weight excluding hydrogens is 445 g/mol. The van der Waals surface area contributed by atoms with Crippen LogP contribution >= 0.6 is 11.6 Å². The number of rotatable bonds is 10. The molecule has 0 spiro atoms. The number of alkyl halides is 1. The number of ether oxygens (including phenoxy) is 2. The summed E-state index contributed by atoms with van der Waals surface area (Å²) >= 11 is 6.21. The van der Waals surface area contributed by atoms with Crippen LogP contribution in [0.5, 0.6) is 11.5 Å². The lowest BCUT2D eigenvalue weighted by molar-refractivity contribution is -0.0981. The Morgan fingerprint density at radius 3 is 2.47 bits per heavy atom. The Morgan fingerprint density at radius 2 is 1.81 bits per heavy atom. The van der Waals surface area contributed by atoms with Crippen LogP contribution in [0.25, 0.3) is 10.9 Å². The van der Waals surface area contributed by atoms with Crippen molar-refractivity contribution in [2.75, 3.05) is 25.6 Å². The molecule has 32 heavy (non-hydrogen) atoms. The molecule has 1 heterocycles. The zero-order valence-electron chi connectivity index (χ0n) is 17.0. The number of aromatic nitrogens is 2. The van der Waals surface area contributed by atoms with E-state index < -0.39 is 37.7 Å². The number of methoxy groups -OCH3 is 1. The van der Waals surface area contributed by atoms with Crippen molar-refractivity contribution in [1.29, 1.82) is 0 Å². The van der Waals surface area contributed by atoms with Crippen molar-refractivity contribution in [3.8, 4) is 11.5 Å². The summed E-state index contributed by atoms with van der Waals surface area (Å²) in [4.78, 5) is 8.46. The van der Waals surface area contributed by atoms with Crippen molar-refractivity contribution in [2.24, 2.45) is 0 Å². The Bertz CT molecular complexity index is 1060. The molecule has 0 aliphatic rings. The van der Waals surface area contributed by atoms with Crippen LogP contribution in [0.15, 0.2) is 42.7 Å². The highest BCUT2D eigenvalue weighted by atomic mass is 35.5. The highest BCUT2D eigenvalue weighted by Crippen LogP contribution is 2.36. The van der Waals surface area contributed by atoms with E-state index in [2.05, 4.69) is 15.3 Å². The van der Waals surface area contributed by atoms with E-state index in [1.807, 2.05) is 6.07 Å². The highest BCUT2D eigenvalue weighted by molar-refractivity contribution is 6.33. The quantitative estimate of drug-likeness (QED) is 0.302. The molecule has 0 fully saturated rings. The average molecular weight is 468 g/mol. The van der Waals surface area contributed by atoms with E-state index in [0.717, 1.165) is 0 Å². The van der Waals surface area contributed by atoms with Crippen LogP contribution in [0.1, 0.15) is 0 Å². The average Bonchev–Trinajstić information content (AvgIpc) is 2.82. The summed E-state index contributed by atoms with van der Waals surface area (Å²) in [6.07, 6.45) is -5.95. The number of halogens is 2. The zero-order valence-corrected chi connectivity index (χ0v) is 17.8. The molecule has 0 amide bonds. The molecule has 172 valence electrons. The van der Waals surface area contributed by atoms with Gasteiger partial charge in [-0.3, -0.25) is 0 Å². The van der Waals surface area contributed by atoms with Crippen molar-refractivity contribution in [2.45, 2.75) is 24.5 Å². The number of hydrogen-bond acceptors (Lipinski definition) is 9. The van der Waals surface area contributed by atoms with E-state index in [9.17, 15) is 19.7 Å². The number of nitrogens with zero attached hydrogens (tertiary/aromatic N) is 2. The van der Waals surface area contributed by atoms with Gasteiger partial charge in [-0.05, 0) is 18.2 Å². The van der Waals surface area contributed by atoms with Gasteiger partial charge < -0.3 is 35.2 Å². The number of para-hydroxylation sites is 1. The van der Waals surface area contributed by atoms with Gasteiger partial charge in [0.25, 0.3) is 0 Å². The lowest BCUT2D eigenvalue weighted by Gasteiger charge is -2.28. The fourth-order valence-electron chi connectivity index (χ4n) is 3.03. The smallest absolute Gasteiger partial charge is 0.164 e. The Balaban J connectivity index is 1.94. The molecule has 3 rings (SSSR count). The number of aliphatic hydroxyl groups is 4. The van der Waals surface area contributed by atoms with E-state index in [4.69, 9.17) is 26.2 Å². The van der Waals surface area contributed by atoms with Gasteiger partial charge in [-0.15, -0.1) is 0 Å². The predicted octanol–water partition coefficient (Wildman–Crippen LogP) is 1.83. The maximum absolute atomic E-state index is 13.6. The predicted molar refractivity (Wildman–Crippen MR) is 116 cm³/mol. The molecule has 0 unspecified atom stereocenters. The first kappa shape index (κ1) is 23.9. The first-order valence-corrected chi connectivity index (χ1v) is 10.00. The number of fused-ring (bicyclic) bond motifs is 1. The minimum atomic E-state index is -2.10. The van der Waals surface area contributed by atoms with Crippen LogP contribution in [-0.2, 0) is 0 Å². The first-order valence-electron chi connectivity index (χ1n) is 9.62. The summed E-state index contributed by atoms with van der Waals surface area (Å²) in [6, 6.07) is 10.2. The van der Waals surface area contributed by atoms with Crippen molar-refractivity contribution in [3.63, 3.8) is 0 Å². The third kappa shape index (κ3) is 5.17. The number of aliphatic hydroxyl groups excluding tert-OH is 4. The van der Waals surface area contributed by atoms with E-state index in [1.54, 1.807) is 24.3 Å². The van der Waals surface area contributed by atoms with Gasteiger partial charge in [0.1, 0.15) is 24.4 Å². The van der Waals surface area contributed by atoms with Crippen molar-refractivity contribution >= 4 is 34.0 Å². The molecule has 2 aromatic carbocycles. The number of anilines is 2. The van der Waals surface area contributed by atoms with Crippen molar-refractivity contribution < 1.29 is 34.3 Å². The molecule has 9 nitrogen and oxygen atoms in total. The van der Waals surface area contributed by atoms with E-state index in [1.165, 1.54) is 19.5 Å². The fourth-order valence-corrected chi connectivity index (χ4v) is 3.21. The minimum absolute atomic E-state index is 0.0899. The molecule has 3 aromatic rings. The Hall–Kier alpha value is -2.76. The third-order valence-corrected chi connectivity index (χ3v) is 5.11. The highest BCUT2D eigenvalue weighted by Gasteiger charge is 2.34. The van der Waals surface area contributed by atoms with Gasteiger partial charge >= 0.3 is 0 Å². The third-order valence-electron chi connectivity index (χ3n) is 4.78. The molecule has 0 aliphatic heterocycles. The SMILES string of the molecule is COc1cc2c(Nc3ccccc3Cl)ncnc2cc1O[C@H](CO)[C@H](O)[C@@H](O)[C@H](F)CO. The van der Waals surface area contributed by atoms with Crippen LogP contribution < -0.4 is 14.8 Å². The van der Waals surface area contributed by atoms with Gasteiger partial charge in [-0.25, -0.2) is 14.4 Å². The summed E-state index contributed by atoms with van der Waals surface area (Å²) in [5, 5.41) is 42.6. The van der Waals surface area contributed by atoms with E-state index in [-0.39, 0.29) is 11.5 Å². The van der Waals surface area contributed by atoms with E-state index in [0.29, 0.717) is 27.4 Å². The Kier molecular flexibility index (Phi) is 7.99. The lowest BCUT2D eigenvalue weighted by atomic mass is 10.0. The summed E-state index contributed by atoms with van der Waals surface area (Å²) in [5.74, 6) is 0.756. The Labute approximate surface area is 188 Å². The molecular formula is C21H23ClFN3O6. The minimum Gasteiger partial charge on any atom is -0.493 e. The van der Waals surface area contributed by atoms with Gasteiger partial charge in [-0.1, -0.05) is 23.7 Å². The molecule has 1 aromatic heterocycles. The van der Waals surface area contributed by atoms with Crippen molar-refractivity contribution in [1.82, 2.24) is 9.97 Å². The number of hydrogen-bond donors (Lipinski definition) is 5. The summed E-state index contributed by atoms with van der Waals surface area (Å²) < 4.78 is 24.5. The second-order valence-electron chi connectivity index (χ2n) is 6.87. The van der Waals surface area contributed by atoms with Crippen LogP contribution in [-0.4, -0.2) is 75.2 Å². The van der Waals surface area contributed by atoms with Gasteiger partial charge in [0, 0.05) is 11.5 Å². The van der Waals surface area contributed by atoms with Crippen LogP contribution in [0, 0.1) is 0 Å². The standard InChI is InChI=1S/C21H23ClFN3O6/c1-31-16-6-11-15(24-10-25-21(11)26-14-5-3-2-4-12(14)22)7-17(16)32-18(9-28)20(30)19(29)13(23)8-27/h2-7,10,13,18-20,27-30H,8-9H2,1H3,(H,24,25,26)/t13-,18-,19+,20+/m1/s1. The maximum Gasteiger partial charge on any atom is 0.164 e. The van der Waals surface area contributed by atoms with Gasteiger partial charge in [0.15, 0.2) is 23.8 Å². The van der Waals surface area contributed by atoms with Crippen molar-refractivity contribution in [3.05, 3.63) is 47.7 Å². The number of benzene rings is 2. The molecule has 0 radical (unpaired) electrons. The summed E-state index contributed by atoms with van der Waals surface area (Å²) in [6.45, 7) is -1.73. The van der Waals surface area contributed by atoms with Crippen LogP contribution in [0.3, 0.4) is 0 Å². The zero-order chi connectivity index (χ0) is 23.3. The maximum atomic E-state index is 13.6. The lowest BCUT2D eigenvalue weighted by Crippen LogP contribution is -2.48. The molecule has 0 saturated carbocycles. The normalized spacial score (nSPS) is 15.1. The van der Waals surface area contributed by atoms with Gasteiger partial charge in [0.2, 0.25) is 0 Å². The Morgan fingerprint density at radius 1 is 1.06 bits per heavy atom. The molecule has 5 N–H and O–H groups in total. The largest absolute Gasteiger partial charge is 0.493 e. The summed E-state index contributed by atoms with van der Waals surface area (Å²) in [7, 11) is 1.39. The molecule has 4 atom stereocenters. The van der Waals surface area contributed by atoms with Gasteiger partial charge in [-0.2, -0.15) is 0 Å². The van der Waals surface area contributed by atoms with E-state index >= 15 is 0 Å². The second kappa shape index (κ2) is 10.7. The molecule has 11 heteroatoms. The second-order valence-corrected chi connectivity index (χ2v) is 7.27. The number of nitrogens with one attached hydrogen (secondary N) is 1. The van der Waals surface area contributed by atoms with Crippen LogP contribution in [0.2, 0.25) is 5.02 Å². The monoisotopic (exact) mass is 467 g/mol.